The average Bonchev–Trinajstić information content (AvgIpc) is 2.86. The van der Waals surface area contributed by atoms with Crippen LogP contribution in [0.25, 0.3) is 0 Å². The molecule has 1 amide bonds. The van der Waals surface area contributed by atoms with Crippen LogP contribution >= 0.6 is 46.4 Å². The number of rotatable bonds is 7. The Hall–Kier alpha value is -2.31. The van der Waals surface area contributed by atoms with Crippen LogP contribution in [0.1, 0.15) is 55.0 Å². The topological polar surface area (TPSA) is 78.8 Å². The Morgan fingerprint density at radius 3 is 1.92 bits per heavy atom. The molecule has 0 aliphatic carbocycles. The summed E-state index contributed by atoms with van der Waals surface area (Å²) in [5, 5.41) is 23.9. The summed E-state index contributed by atoms with van der Waals surface area (Å²) >= 11 is 24.1. The summed E-state index contributed by atoms with van der Waals surface area (Å²) in [4.78, 5) is 12.6. The number of carbonyl (C=O) groups is 1. The van der Waals surface area contributed by atoms with Crippen molar-refractivity contribution >= 4 is 58.0 Å². The van der Waals surface area contributed by atoms with Gasteiger partial charge in [-0.15, -0.1) is 0 Å². The third-order valence-corrected chi connectivity index (χ3v) is 7.48. The molecule has 3 aromatic carbocycles. The van der Waals surface area contributed by atoms with Crippen molar-refractivity contribution < 1.29 is 19.7 Å². The summed E-state index contributed by atoms with van der Waals surface area (Å²) in [7, 11) is 0. The number of aryl methyl sites for hydroxylation is 3. The number of aromatic hydroxyl groups is 2. The van der Waals surface area contributed by atoms with E-state index in [1.807, 2.05) is 52.8 Å². The summed E-state index contributed by atoms with van der Waals surface area (Å²) in [6, 6.07) is 9.00. The molecule has 0 saturated heterocycles. The predicted molar refractivity (Wildman–Crippen MR) is 159 cm³/mol. The van der Waals surface area contributed by atoms with Crippen LogP contribution in [0.3, 0.4) is 0 Å². The maximum Gasteiger partial charge on any atom is 0.265 e. The Labute approximate surface area is 244 Å². The molecule has 9 heteroatoms. The van der Waals surface area contributed by atoms with E-state index >= 15 is 0 Å². The zero-order valence-electron chi connectivity index (χ0n) is 22.3. The highest BCUT2D eigenvalue weighted by atomic mass is 35.5. The molecule has 0 aliphatic rings. The van der Waals surface area contributed by atoms with Gasteiger partial charge in [0, 0.05) is 10.0 Å². The first-order valence-corrected chi connectivity index (χ1v) is 13.8. The molecule has 3 aromatic rings. The van der Waals surface area contributed by atoms with Gasteiger partial charge in [0.2, 0.25) is 0 Å². The highest BCUT2D eigenvalue weighted by Gasteiger charge is 2.22. The first-order valence-electron chi connectivity index (χ1n) is 12.3. The van der Waals surface area contributed by atoms with Crippen LogP contribution in [0.4, 0.5) is 5.69 Å². The Bertz CT molecular complexity index is 1310. The lowest BCUT2D eigenvalue weighted by atomic mass is 10.1. The lowest BCUT2D eigenvalue weighted by Gasteiger charge is -2.20. The number of ether oxygens (including phenoxy) is 1. The molecule has 0 heterocycles. The minimum absolute atomic E-state index is 0.137. The number of nitrogens with one attached hydrogen (secondary N) is 1. The summed E-state index contributed by atoms with van der Waals surface area (Å²) in [6.45, 7) is 11.4. The fraction of sp³-hybridized carbons (Fsp3) is 0.345. The maximum atomic E-state index is 12.6. The molecule has 1 atom stereocenters. The number of halogens is 4. The van der Waals surface area contributed by atoms with Crippen molar-refractivity contribution in [1.82, 2.24) is 0 Å². The van der Waals surface area contributed by atoms with Gasteiger partial charge < -0.3 is 20.3 Å². The molecule has 206 valence electrons. The zero-order chi connectivity index (χ0) is 28.7. The van der Waals surface area contributed by atoms with E-state index in [9.17, 15) is 15.0 Å². The SMILES string of the molecule is CCc1c(Cl)cc(C)c(O)c1Cl.CCc1c(Cl)cc(NC(=O)C(CC)Oc2ccc(C)cc2C)c(O)c1Cl. The maximum absolute atomic E-state index is 12.6. The molecule has 5 nitrogen and oxygen atoms in total. The van der Waals surface area contributed by atoms with Gasteiger partial charge in [-0.05, 0) is 80.5 Å². The summed E-state index contributed by atoms with van der Waals surface area (Å²) in [6.07, 6.45) is 1.06. The molecule has 0 spiro atoms. The van der Waals surface area contributed by atoms with Crippen LogP contribution in [-0.2, 0) is 17.6 Å². The molecular formula is C29H33Cl4NO4. The van der Waals surface area contributed by atoms with E-state index in [-0.39, 0.29) is 28.1 Å². The predicted octanol–water partition coefficient (Wildman–Crippen LogP) is 9.24. The third-order valence-electron chi connectivity index (χ3n) is 5.99. The van der Waals surface area contributed by atoms with E-state index in [1.54, 1.807) is 13.0 Å². The standard InChI is InChI=1S/C20H23Cl2NO3.C9H10Cl2O/c1-5-13-14(21)10-15(19(24)18(13)22)23-20(25)16(6-2)26-17-8-7-11(3)9-12(17)4;1-3-6-7(10)4-5(2)9(12)8(6)11/h7-10,16,24H,5-6H2,1-4H3,(H,23,25);4,12H,3H2,1-2H3. The van der Waals surface area contributed by atoms with Crippen LogP contribution < -0.4 is 10.1 Å². The molecule has 0 bridgehead atoms. The number of anilines is 1. The van der Waals surface area contributed by atoms with Gasteiger partial charge in [-0.1, -0.05) is 84.9 Å². The zero-order valence-corrected chi connectivity index (χ0v) is 25.3. The Morgan fingerprint density at radius 1 is 0.842 bits per heavy atom. The molecule has 3 rings (SSSR count). The van der Waals surface area contributed by atoms with Crippen molar-refractivity contribution in [3.05, 3.63) is 78.2 Å². The van der Waals surface area contributed by atoms with E-state index in [1.165, 1.54) is 6.07 Å². The fourth-order valence-electron chi connectivity index (χ4n) is 3.78. The Kier molecular flexibility index (Phi) is 11.9. The summed E-state index contributed by atoms with van der Waals surface area (Å²) in [5.41, 5.74) is 4.41. The van der Waals surface area contributed by atoms with Gasteiger partial charge in [0.05, 0.1) is 15.7 Å². The molecule has 0 fully saturated rings. The minimum atomic E-state index is -0.709. The van der Waals surface area contributed by atoms with E-state index in [0.29, 0.717) is 44.8 Å². The van der Waals surface area contributed by atoms with Crippen molar-refractivity contribution in [3.8, 4) is 17.2 Å². The van der Waals surface area contributed by atoms with Gasteiger partial charge >= 0.3 is 0 Å². The highest BCUT2D eigenvalue weighted by molar-refractivity contribution is 6.38. The highest BCUT2D eigenvalue weighted by Crippen LogP contribution is 2.40. The Morgan fingerprint density at radius 2 is 1.39 bits per heavy atom. The lowest BCUT2D eigenvalue weighted by Crippen LogP contribution is -2.32. The number of hydrogen-bond acceptors (Lipinski definition) is 4. The molecule has 0 radical (unpaired) electrons. The van der Waals surface area contributed by atoms with Crippen molar-refractivity contribution in [2.24, 2.45) is 0 Å². The number of benzene rings is 3. The average molecular weight is 601 g/mol. The monoisotopic (exact) mass is 599 g/mol. The van der Waals surface area contributed by atoms with Gasteiger partial charge in [-0.2, -0.15) is 0 Å². The number of phenols is 2. The van der Waals surface area contributed by atoms with Crippen molar-refractivity contribution in [2.45, 2.75) is 66.9 Å². The minimum Gasteiger partial charge on any atom is -0.506 e. The van der Waals surface area contributed by atoms with Gasteiger partial charge in [0.15, 0.2) is 11.9 Å². The fourth-order valence-corrected chi connectivity index (χ4v) is 5.33. The van der Waals surface area contributed by atoms with Crippen molar-refractivity contribution in [1.29, 1.82) is 0 Å². The van der Waals surface area contributed by atoms with Crippen LogP contribution in [0.2, 0.25) is 20.1 Å². The first kappa shape index (κ1) is 31.9. The molecule has 0 aliphatic heterocycles. The number of amides is 1. The molecule has 1 unspecified atom stereocenters. The molecule has 3 N–H and O–H groups in total. The van der Waals surface area contributed by atoms with Gasteiger partial charge in [-0.25, -0.2) is 0 Å². The number of hydrogen-bond donors (Lipinski definition) is 3. The molecule has 0 saturated carbocycles. The second kappa shape index (κ2) is 14.2. The van der Waals surface area contributed by atoms with Gasteiger partial charge in [0.1, 0.15) is 11.5 Å². The van der Waals surface area contributed by atoms with E-state index in [0.717, 1.165) is 23.1 Å². The third kappa shape index (κ3) is 7.63. The van der Waals surface area contributed by atoms with E-state index in [2.05, 4.69) is 5.32 Å². The molecular weight excluding hydrogens is 568 g/mol. The first-order chi connectivity index (χ1) is 17.9. The van der Waals surface area contributed by atoms with Crippen molar-refractivity contribution in [3.63, 3.8) is 0 Å². The largest absolute Gasteiger partial charge is 0.506 e. The second-order valence-corrected chi connectivity index (χ2v) is 10.4. The molecule has 38 heavy (non-hydrogen) atoms. The number of phenolic OH excluding ortho intramolecular Hbond substituents is 2. The second-order valence-electron chi connectivity index (χ2n) is 8.84. The Balaban J connectivity index is 0.000000352. The van der Waals surface area contributed by atoms with E-state index < -0.39 is 6.10 Å². The molecule has 0 aromatic heterocycles. The van der Waals surface area contributed by atoms with Crippen LogP contribution in [0.15, 0.2) is 30.3 Å². The van der Waals surface area contributed by atoms with Crippen LogP contribution in [0, 0.1) is 20.8 Å². The summed E-state index contributed by atoms with van der Waals surface area (Å²) < 4.78 is 5.87. The smallest absolute Gasteiger partial charge is 0.265 e. The van der Waals surface area contributed by atoms with E-state index in [4.69, 9.17) is 51.1 Å². The van der Waals surface area contributed by atoms with Crippen LogP contribution in [-0.4, -0.2) is 22.2 Å². The quantitative estimate of drug-likeness (QED) is 0.236. The van der Waals surface area contributed by atoms with Gasteiger partial charge in [0.25, 0.3) is 5.91 Å². The number of carbonyl (C=O) groups excluding carboxylic acids is 1. The normalized spacial score (nSPS) is 11.4. The van der Waals surface area contributed by atoms with Crippen molar-refractivity contribution in [2.75, 3.05) is 5.32 Å². The van der Waals surface area contributed by atoms with Gasteiger partial charge in [-0.3, -0.25) is 4.79 Å². The lowest BCUT2D eigenvalue weighted by molar-refractivity contribution is -0.122. The summed E-state index contributed by atoms with van der Waals surface area (Å²) in [5.74, 6) is 0.221. The van der Waals surface area contributed by atoms with Crippen LogP contribution in [0.5, 0.6) is 17.2 Å².